The van der Waals surface area contributed by atoms with Gasteiger partial charge in [0.05, 0.1) is 12.2 Å². The maximum atomic E-state index is 12.9. The van der Waals surface area contributed by atoms with Crippen LogP contribution in [-0.4, -0.2) is 37.5 Å². The number of esters is 1. The molecule has 2 aromatic rings. The van der Waals surface area contributed by atoms with E-state index in [2.05, 4.69) is 0 Å². The number of carbonyl (C=O) groups is 2. The van der Waals surface area contributed by atoms with Gasteiger partial charge in [0.2, 0.25) is 0 Å². The van der Waals surface area contributed by atoms with Crippen molar-refractivity contribution in [2.24, 2.45) is 0 Å². The van der Waals surface area contributed by atoms with E-state index in [9.17, 15) is 14.0 Å². The molecule has 0 atom stereocenters. The minimum absolute atomic E-state index is 0.306. The van der Waals surface area contributed by atoms with E-state index in [0.717, 1.165) is 11.1 Å². The van der Waals surface area contributed by atoms with E-state index >= 15 is 0 Å². The number of benzene rings is 2. The van der Waals surface area contributed by atoms with E-state index in [1.165, 1.54) is 17.0 Å². The second kappa shape index (κ2) is 8.94. The fourth-order valence-electron chi connectivity index (χ4n) is 2.23. The highest BCUT2D eigenvalue weighted by atomic mass is 19.1. The summed E-state index contributed by atoms with van der Waals surface area (Å²) in [6.45, 7) is 0.339. The van der Waals surface area contributed by atoms with Gasteiger partial charge >= 0.3 is 5.97 Å². The van der Waals surface area contributed by atoms with Crippen molar-refractivity contribution in [2.45, 2.75) is 13.2 Å². The van der Waals surface area contributed by atoms with Crippen LogP contribution in [0.4, 0.5) is 4.39 Å². The fraction of sp³-hybridized carbons (Fsp3) is 0.263. The Labute approximate surface area is 146 Å². The number of likely N-dealkylation sites (N-methyl/N-ethyl adjacent to an activating group) is 1. The van der Waals surface area contributed by atoms with Crippen LogP contribution in [0, 0.1) is 5.82 Å². The summed E-state index contributed by atoms with van der Waals surface area (Å²) in [6, 6.07) is 12.7. The van der Waals surface area contributed by atoms with Crippen molar-refractivity contribution >= 4 is 11.9 Å². The molecule has 132 valence electrons. The SMILES string of the molecule is COCc1cccc(C(=O)OCC(=O)N(C)Cc2ccc(F)cc2)c1. The van der Waals surface area contributed by atoms with Crippen LogP contribution >= 0.6 is 0 Å². The molecule has 0 fully saturated rings. The molecule has 0 saturated carbocycles. The zero-order valence-corrected chi connectivity index (χ0v) is 14.2. The van der Waals surface area contributed by atoms with Crippen molar-refractivity contribution in [2.75, 3.05) is 20.8 Å². The van der Waals surface area contributed by atoms with Crippen LogP contribution in [0.1, 0.15) is 21.5 Å². The minimum atomic E-state index is -0.568. The second-order valence-electron chi connectivity index (χ2n) is 5.59. The zero-order valence-electron chi connectivity index (χ0n) is 14.2. The number of methoxy groups -OCH3 is 1. The third kappa shape index (κ3) is 5.69. The van der Waals surface area contributed by atoms with E-state index in [0.29, 0.717) is 18.7 Å². The largest absolute Gasteiger partial charge is 0.452 e. The topological polar surface area (TPSA) is 55.8 Å². The Kier molecular flexibility index (Phi) is 6.65. The van der Waals surface area contributed by atoms with Crippen LogP contribution in [-0.2, 0) is 27.4 Å². The highest BCUT2D eigenvalue weighted by Gasteiger charge is 2.14. The highest BCUT2D eigenvalue weighted by Crippen LogP contribution is 2.09. The average molecular weight is 345 g/mol. The number of hydrogen-bond donors (Lipinski definition) is 0. The zero-order chi connectivity index (χ0) is 18.2. The van der Waals surface area contributed by atoms with Crippen molar-refractivity contribution in [3.63, 3.8) is 0 Å². The molecule has 0 aliphatic heterocycles. The van der Waals surface area contributed by atoms with Crippen LogP contribution in [0.5, 0.6) is 0 Å². The fourth-order valence-corrected chi connectivity index (χ4v) is 2.23. The molecule has 0 unspecified atom stereocenters. The van der Waals surface area contributed by atoms with Crippen molar-refractivity contribution in [1.29, 1.82) is 0 Å². The van der Waals surface area contributed by atoms with Gasteiger partial charge < -0.3 is 14.4 Å². The Hall–Kier alpha value is -2.73. The van der Waals surface area contributed by atoms with Crippen molar-refractivity contribution in [3.05, 3.63) is 71.0 Å². The molecule has 0 aromatic heterocycles. The summed E-state index contributed by atoms with van der Waals surface area (Å²) < 4.78 is 23.0. The molecule has 2 aromatic carbocycles. The third-order valence-electron chi connectivity index (χ3n) is 3.56. The monoisotopic (exact) mass is 345 g/mol. The smallest absolute Gasteiger partial charge is 0.338 e. The lowest BCUT2D eigenvalue weighted by molar-refractivity contribution is -0.133. The van der Waals surface area contributed by atoms with Crippen molar-refractivity contribution < 1.29 is 23.5 Å². The summed E-state index contributed by atoms with van der Waals surface area (Å²) in [5.74, 6) is -1.24. The summed E-state index contributed by atoms with van der Waals surface area (Å²) in [7, 11) is 3.17. The molecular formula is C19H20FNO4. The molecule has 0 aliphatic rings. The molecule has 5 nitrogen and oxygen atoms in total. The van der Waals surface area contributed by atoms with Crippen molar-refractivity contribution in [1.82, 2.24) is 4.90 Å². The van der Waals surface area contributed by atoms with Crippen LogP contribution in [0.3, 0.4) is 0 Å². The number of amides is 1. The number of ether oxygens (including phenoxy) is 2. The Morgan fingerprint density at radius 1 is 1.08 bits per heavy atom. The number of halogens is 1. The molecule has 0 bridgehead atoms. The summed E-state index contributed by atoms with van der Waals surface area (Å²) >= 11 is 0. The molecule has 0 heterocycles. The van der Waals surface area contributed by atoms with E-state index in [1.54, 1.807) is 44.5 Å². The highest BCUT2D eigenvalue weighted by molar-refractivity contribution is 5.91. The van der Waals surface area contributed by atoms with Gasteiger partial charge in [-0.05, 0) is 35.4 Å². The average Bonchev–Trinajstić information content (AvgIpc) is 2.61. The summed E-state index contributed by atoms with van der Waals surface area (Å²) in [6.07, 6.45) is 0. The molecule has 0 radical (unpaired) electrons. The van der Waals surface area contributed by atoms with Gasteiger partial charge in [0.15, 0.2) is 6.61 Å². The van der Waals surface area contributed by atoms with Gasteiger partial charge in [0.1, 0.15) is 5.82 Å². The Morgan fingerprint density at radius 3 is 2.48 bits per heavy atom. The molecule has 0 spiro atoms. The summed E-state index contributed by atoms with van der Waals surface area (Å²) in [5, 5.41) is 0. The second-order valence-corrected chi connectivity index (χ2v) is 5.59. The number of rotatable bonds is 7. The van der Waals surface area contributed by atoms with Crippen LogP contribution in [0.25, 0.3) is 0 Å². The predicted molar refractivity (Wildman–Crippen MR) is 90.3 cm³/mol. The predicted octanol–water partition coefficient (Wildman–Crippen LogP) is 2.79. The quantitative estimate of drug-likeness (QED) is 0.724. The molecule has 25 heavy (non-hydrogen) atoms. The van der Waals surface area contributed by atoms with Crippen molar-refractivity contribution in [3.8, 4) is 0 Å². The lowest BCUT2D eigenvalue weighted by atomic mass is 10.1. The molecule has 0 saturated heterocycles. The maximum absolute atomic E-state index is 12.9. The van der Waals surface area contributed by atoms with Gasteiger partial charge in [-0.25, -0.2) is 9.18 Å². The number of hydrogen-bond acceptors (Lipinski definition) is 4. The summed E-state index contributed by atoms with van der Waals surface area (Å²) in [5.41, 5.74) is 2.00. The standard InChI is InChI=1S/C19H20FNO4/c1-21(11-14-6-8-17(20)9-7-14)18(22)13-25-19(23)16-5-3-4-15(10-16)12-24-2/h3-10H,11-13H2,1-2H3. The van der Waals surface area contributed by atoms with Crippen LogP contribution in [0.15, 0.2) is 48.5 Å². The molecule has 2 rings (SSSR count). The van der Waals surface area contributed by atoms with Gasteiger partial charge in [0, 0.05) is 20.7 Å². The lowest BCUT2D eigenvalue weighted by Crippen LogP contribution is -2.30. The van der Waals surface area contributed by atoms with Gasteiger partial charge in [0.25, 0.3) is 5.91 Å². The Balaban J connectivity index is 1.86. The maximum Gasteiger partial charge on any atom is 0.338 e. The first kappa shape index (κ1) is 18.6. The normalized spacial score (nSPS) is 10.4. The van der Waals surface area contributed by atoms with E-state index in [4.69, 9.17) is 9.47 Å². The Bertz CT molecular complexity index is 730. The third-order valence-corrected chi connectivity index (χ3v) is 3.56. The summed E-state index contributed by atoms with van der Waals surface area (Å²) in [4.78, 5) is 25.5. The minimum Gasteiger partial charge on any atom is -0.452 e. The van der Waals surface area contributed by atoms with Gasteiger partial charge in [-0.2, -0.15) is 0 Å². The molecule has 0 aliphatic carbocycles. The van der Waals surface area contributed by atoms with E-state index in [1.807, 2.05) is 6.07 Å². The Morgan fingerprint density at radius 2 is 1.80 bits per heavy atom. The van der Waals surface area contributed by atoms with E-state index in [-0.39, 0.29) is 18.3 Å². The lowest BCUT2D eigenvalue weighted by Gasteiger charge is -2.17. The molecule has 6 heteroatoms. The molecular weight excluding hydrogens is 325 g/mol. The van der Waals surface area contributed by atoms with Gasteiger partial charge in [-0.15, -0.1) is 0 Å². The first-order valence-electron chi connectivity index (χ1n) is 7.73. The van der Waals surface area contributed by atoms with E-state index < -0.39 is 5.97 Å². The number of nitrogens with zero attached hydrogens (tertiary/aromatic N) is 1. The molecule has 1 amide bonds. The van der Waals surface area contributed by atoms with Gasteiger partial charge in [-0.3, -0.25) is 4.79 Å². The van der Waals surface area contributed by atoms with Crippen LogP contribution < -0.4 is 0 Å². The van der Waals surface area contributed by atoms with Gasteiger partial charge in [-0.1, -0.05) is 24.3 Å². The molecule has 0 N–H and O–H groups in total. The number of carbonyl (C=O) groups excluding carboxylic acids is 2. The first-order chi connectivity index (χ1) is 12.0. The van der Waals surface area contributed by atoms with Crippen LogP contribution in [0.2, 0.25) is 0 Å². The first-order valence-corrected chi connectivity index (χ1v) is 7.73.